The molecular formula is C44H52O6S4. The predicted octanol–water partition coefficient (Wildman–Crippen LogP) is 12.9. The van der Waals surface area contributed by atoms with Crippen molar-refractivity contribution in [3.63, 3.8) is 0 Å². The lowest BCUT2D eigenvalue weighted by atomic mass is 9.70. The second kappa shape index (κ2) is 16.1. The summed E-state index contributed by atoms with van der Waals surface area (Å²) >= 11 is 7.00. The second-order valence-corrected chi connectivity index (χ2v) is 19.7. The van der Waals surface area contributed by atoms with Gasteiger partial charge in [-0.05, 0) is 49.7 Å². The number of Topliss-reactive ketones (excluding diaryl/α,β-unsaturated/α-hetero) is 2. The van der Waals surface area contributed by atoms with Crippen LogP contribution >= 0.6 is 45.3 Å². The van der Waals surface area contributed by atoms with E-state index in [4.69, 9.17) is 18.9 Å². The molecule has 10 heteroatoms. The highest BCUT2D eigenvalue weighted by Gasteiger charge is 2.55. The molecule has 1 fully saturated rings. The van der Waals surface area contributed by atoms with E-state index in [1.807, 2.05) is 22.7 Å². The molecule has 4 aromatic rings. The van der Waals surface area contributed by atoms with Gasteiger partial charge < -0.3 is 18.9 Å². The van der Waals surface area contributed by atoms with E-state index in [9.17, 15) is 9.59 Å². The summed E-state index contributed by atoms with van der Waals surface area (Å²) in [6.07, 6.45) is 18.0. The summed E-state index contributed by atoms with van der Waals surface area (Å²) in [5.41, 5.74) is 4.43. The number of carbonyl (C=O) groups excluding carboxylic acids is 2. The van der Waals surface area contributed by atoms with E-state index in [0.29, 0.717) is 38.0 Å². The Bertz CT molecular complexity index is 1870. The van der Waals surface area contributed by atoms with Gasteiger partial charge >= 0.3 is 0 Å². The van der Waals surface area contributed by atoms with Crippen LogP contribution in [-0.4, -0.2) is 38.0 Å². The van der Waals surface area contributed by atoms with Crippen molar-refractivity contribution in [2.75, 3.05) is 26.4 Å². The van der Waals surface area contributed by atoms with Crippen LogP contribution in [-0.2, 0) is 12.8 Å². The van der Waals surface area contributed by atoms with Crippen LogP contribution in [0.15, 0.2) is 10.8 Å². The lowest BCUT2D eigenvalue weighted by Crippen LogP contribution is -2.30. The first-order chi connectivity index (χ1) is 26.6. The van der Waals surface area contributed by atoms with Crippen molar-refractivity contribution < 1.29 is 28.5 Å². The lowest BCUT2D eigenvalue weighted by Gasteiger charge is -2.33. The normalized spacial score (nSPS) is 22.0. The summed E-state index contributed by atoms with van der Waals surface area (Å²) in [6, 6.07) is 0. The van der Waals surface area contributed by atoms with Crippen LogP contribution in [0.25, 0.3) is 19.5 Å². The van der Waals surface area contributed by atoms with Gasteiger partial charge in [-0.15, -0.1) is 45.3 Å². The van der Waals surface area contributed by atoms with Crippen LogP contribution in [0.5, 0.6) is 23.0 Å². The maximum Gasteiger partial charge on any atom is 0.180 e. The quantitative estimate of drug-likeness (QED) is 0.105. The molecule has 54 heavy (non-hydrogen) atoms. The number of unbranched alkanes of at least 4 members (excludes halogenated alkanes) is 10. The molecule has 6 heterocycles. The van der Waals surface area contributed by atoms with Crippen molar-refractivity contribution >= 4 is 56.9 Å². The van der Waals surface area contributed by atoms with Gasteiger partial charge in [0.25, 0.3) is 0 Å². The average molecular weight is 805 g/mol. The first-order valence-electron chi connectivity index (χ1n) is 20.7. The molecular weight excluding hydrogens is 753 g/mol. The third kappa shape index (κ3) is 6.48. The molecule has 4 aromatic heterocycles. The summed E-state index contributed by atoms with van der Waals surface area (Å²) in [6.45, 7) is 6.75. The molecule has 0 spiro atoms. The van der Waals surface area contributed by atoms with E-state index in [-0.39, 0.29) is 23.7 Å². The number of hydrogen-bond donors (Lipinski definition) is 0. The summed E-state index contributed by atoms with van der Waals surface area (Å²) < 4.78 is 24.3. The van der Waals surface area contributed by atoms with Crippen molar-refractivity contribution in [1.29, 1.82) is 0 Å². The van der Waals surface area contributed by atoms with Gasteiger partial charge in [0.15, 0.2) is 34.6 Å². The number of hydrogen-bond acceptors (Lipinski definition) is 10. The zero-order chi connectivity index (χ0) is 36.8. The Morgan fingerprint density at radius 3 is 1.37 bits per heavy atom. The highest BCUT2D eigenvalue weighted by molar-refractivity contribution is 7.23. The molecule has 0 radical (unpaired) electrons. The highest BCUT2D eigenvalue weighted by Crippen LogP contribution is 2.64. The highest BCUT2D eigenvalue weighted by atomic mass is 32.1. The number of thiophene rings is 4. The topological polar surface area (TPSA) is 71.1 Å². The first-order valence-corrected chi connectivity index (χ1v) is 24.1. The summed E-state index contributed by atoms with van der Waals surface area (Å²) in [5.74, 6) is 4.09. The zero-order valence-electron chi connectivity index (χ0n) is 31.7. The molecule has 4 atom stereocenters. The fourth-order valence-electron chi connectivity index (χ4n) is 9.81. The van der Waals surface area contributed by atoms with E-state index < -0.39 is 0 Å². The Hall–Kier alpha value is -2.66. The smallest absolute Gasteiger partial charge is 0.180 e. The van der Waals surface area contributed by atoms with Gasteiger partial charge in [-0.3, -0.25) is 9.59 Å². The molecule has 0 aromatic carbocycles. The van der Waals surface area contributed by atoms with Gasteiger partial charge in [0.2, 0.25) is 0 Å². The van der Waals surface area contributed by atoms with Gasteiger partial charge in [0.05, 0.1) is 19.5 Å². The molecule has 0 bridgehead atoms. The van der Waals surface area contributed by atoms with Crippen LogP contribution in [0.1, 0.15) is 157 Å². The van der Waals surface area contributed by atoms with Gasteiger partial charge in [-0.25, -0.2) is 0 Å². The van der Waals surface area contributed by atoms with E-state index >= 15 is 0 Å². The van der Waals surface area contributed by atoms with Crippen molar-refractivity contribution in [2.24, 2.45) is 11.8 Å². The Kier molecular flexibility index (Phi) is 11.0. The predicted molar refractivity (Wildman–Crippen MR) is 222 cm³/mol. The van der Waals surface area contributed by atoms with Gasteiger partial charge in [-0.2, -0.15) is 0 Å². The average Bonchev–Trinajstić information content (AvgIpc) is 4.04. The molecule has 0 N–H and O–H groups in total. The molecule has 0 saturated heterocycles. The fourth-order valence-corrected chi connectivity index (χ4v) is 15.1. The molecule has 288 valence electrons. The minimum Gasteiger partial charge on any atom is -0.485 e. The zero-order valence-corrected chi connectivity index (χ0v) is 35.0. The lowest BCUT2D eigenvalue weighted by molar-refractivity contribution is 0.0789. The molecule has 5 aliphatic rings. The Labute approximate surface area is 335 Å². The number of ether oxygens (including phenoxy) is 4. The number of rotatable bonds is 16. The van der Waals surface area contributed by atoms with Crippen molar-refractivity contribution in [3.05, 3.63) is 42.8 Å². The van der Waals surface area contributed by atoms with E-state index in [0.717, 1.165) is 82.4 Å². The molecule has 9 rings (SSSR count). The second-order valence-electron chi connectivity index (χ2n) is 15.9. The van der Waals surface area contributed by atoms with Crippen molar-refractivity contribution in [2.45, 2.75) is 128 Å². The molecule has 4 unspecified atom stereocenters. The van der Waals surface area contributed by atoms with Crippen LogP contribution in [0.2, 0.25) is 0 Å². The maximum atomic E-state index is 14.8. The Morgan fingerprint density at radius 2 is 0.926 bits per heavy atom. The standard InChI is InChI=1S/C44H52O6S4/c1-3-5-7-9-11-13-15-25-33-35(45)27-21-30-28(22-29(27)39(33)53-41(25)43-37-31(23-51-43)47-17-19-49-37)36(46)34-26(16-14-12-10-8-6-4-2)42(54-40(30)34)44-38-32(24-52-44)48-18-20-50-38/h23-24,27-30H,3-22H2,1-2H3. The van der Waals surface area contributed by atoms with Crippen molar-refractivity contribution in [1.82, 2.24) is 0 Å². The summed E-state index contributed by atoms with van der Waals surface area (Å²) in [7, 11) is 0. The molecule has 6 nitrogen and oxygen atoms in total. The van der Waals surface area contributed by atoms with Gasteiger partial charge in [-0.1, -0.05) is 78.1 Å². The van der Waals surface area contributed by atoms with Crippen LogP contribution in [0.3, 0.4) is 0 Å². The Morgan fingerprint density at radius 1 is 0.519 bits per heavy atom. The first kappa shape index (κ1) is 36.9. The SMILES string of the molecule is CCCCCCCCc1c(-c2scc3c2OCCO3)sc2c1C(=O)C1CC3c4sc(-c5scc6c5OCCO6)c(CCCCCCCC)c4C(=O)C3CC21. The third-order valence-corrected chi connectivity index (χ3v) is 17.4. The minimum atomic E-state index is -0.0563. The Balaban J connectivity index is 1.03. The molecule has 2 aliphatic heterocycles. The number of ketones is 2. The van der Waals surface area contributed by atoms with Crippen LogP contribution in [0, 0.1) is 11.8 Å². The summed E-state index contributed by atoms with van der Waals surface area (Å²) in [4.78, 5) is 36.7. The largest absolute Gasteiger partial charge is 0.485 e. The van der Waals surface area contributed by atoms with Crippen LogP contribution in [0.4, 0.5) is 0 Å². The molecule has 1 saturated carbocycles. The van der Waals surface area contributed by atoms with Gasteiger partial charge in [0.1, 0.15) is 26.4 Å². The third-order valence-electron chi connectivity index (χ3n) is 12.5. The van der Waals surface area contributed by atoms with Crippen LogP contribution < -0.4 is 18.9 Å². The van der Waals surface area contributed by atoms with E-state index in [1.54, 1.807) is 22.7 Å². The molecule has 3 aliphatic carbocycles. The number of fused-ring (bicyclic) bond motifs is 8. The fraction of sp³-hybridized carbons (Fsp3) is 0.591. The van der Waals surface area contributed by atoms with Gasteiger partial charge in [0, 0.05) is 55.3 Å². The summed E-state index contributed by atoms with van der Waals surface area (Å²) in [5, 5.41) is 4.13. The van der Waals surface area contributed by atoms with Crippen molar-refractivity contribution in [3.8, 4) is 42.5 Å². The maximum absolute atomic E-state index is 14.8. The number of carbonyl (C=O) groups is 2. The minimum absolute atomic E-state index is 0.0563. The monoisotopic (exact) mass is 804 g/mol. The van der Waals surface area contributed by atoms with E-state index in [1.165, 1.54) is 94.8 Å². The van der Waals surface area contributed by atoms with E-state index in [2.05, 4.69) is 24.6 Å². The molecule has 0 amide bonds.